The Balaban J connectivity index is 1.52. The smallest absolute Gasteiger partial charge is 0.321 e. The fraction of sp³-hybridized carbons (Fsp3) is 0.263. The molecule has 0 spiro atoms. The van der Waals surface area contributed by atoms with Crippen molar-refractivity contribution < 1.29 is 32.2 Å². The molecule has 0 amide bonds. The topological polar surface area (TPSA) is 108 Å². The maximum Gasteiger partial charge on any atom is 0.321 e. The van der Waals surface area contributed by atoms with Crippen LogP contribution in [-0.4, -0.2) is 40.1 Å². The van der Waals surface area contributed by atoms with Crippen LogP contribution < -0.4 is 14.2 Å². The molecule has 0 radical (unpaired) electrons. The zero-order valence-electron chi connectivity index (χ0n) is 15.4. The van der Waals surface area contributed by atoms with E-state index in [-0.39, 0.29) is 11.7 Å². The summed E-state index contributed by atoms with van der Waals surface area (Å²) in [6.07, 6.45) is 0. The van der Waals surface area contributed by atoms with E-state index in [2.05, 4.69) is 4.72 Å². The molecule has 0 saturated heterocycles. The SMILES string of the molecule is Cc1ccc(S(=O)(=O)NCC(=O)OCC(=O)c2ccc3c(c2)OCO3)cc1C. The second-order valence-corrected chi connectivity index (χ2v) is 7.99. The molecule has 9 heteroatoms. The quantitative estimate of drug-likeness (QED) is 0.552. The number of carbonyl (C=O) groups is 2. The summed E-state index contributed by atoms with van der Waals surface area (Å²) in [7, 11) is -3.86. The third-order valence-electron chi connectivity index (χ3n) is 4.25. The molecule has 2 aromatic rings. The van der Waals surface area contributed by atoms with E-state index in [1.807, 2.05) is 6.92 Å². The highest BCUT2D eigenvalue weighted by molar-refractivity contribution is 7.89. The van der Waals surface area contributed by atoms with Crippen LogP contribution in [0, 0.1) is 13.8 Å². The molecule has 0 unspecified atom stereocenters. The summed E-state index contributed by atoms with van der Waals surface area (Å²) in [4.78, 5) is 24.0. The second kappa shape index (κ2) is 7.99. The number of ketones is 1. The van der Waals surface area contributed by atoms with Gasteiger partial charge >= 0.3 is 5.97 Å². The molecule has 1 aliphatic rings. The van der Waals surface area contributed by atoms with E-state index in [0.717, 1.165) is 11.1 Å². The van der Waals surface area contributed by atoms with Gasteiger partial charge < -0.3 is 14.2 Å². The first-order valence-corrected chi connectivity index (χ1v) is 9.90. The van der Waals surface area contributed by atoms with Crippen LogP contribution in [0.4, 0.5) is 0 Å². The predicted molar refractivity (Wildman–Crippen MR) is 99.0 cm³/mol. The van der Waals surface area contributed by atoms with Gasteiger partial charge in [0.15, 0.2) is 23.9 Å². The molecule has 0 atom stereocenters. The molecule has 1 aliphatic heterocycles. The van der Waals surface area contributed by atoms with Gasteiger partial charge in [0.05, 0.1) is 4.90 Å². The highest BCUT2D eigenvalue weighted by Gasteiger charge is 2.19. The molecule has 2 aromatic carbocycles. The van der Waals surface area contributed by atoms with E-state index >= 15 is 0 Å². The van der Waals surface area contributed by atoms with Crippen LogP contribution in [0.5, 0.6) is 11.5 Å². The molecule has 0 aliphatic carbocycles. The van der Waals surface area contributed by atoms with Crippen molar-refractivity contribution in [3.8, 4) is 11.5 Å². The molecule has 0 aromatic heterocycles. The molecular formula is C19H19NO7S. The maximum atomic E-state index is 12.3. The fourth-order valence-corrected chi connectivity index (χ4v) is 3.52. The van der Waals surface area contributed by atoms with Crippen molar-refractivity contribution in [2.24, 2.45) is 0 Å². The molecule has 3 rings (SSSR count). The molecule has 8 nitrogen and oxygen atoms in total. The number of ether oxygens (including phenoxy) is 3. The molecular weight excluding hydrogens is 386 g/mol. The minimum atomic E-state index is -3.86. The van der Waals surface area contributed by atoms with Crippen molar-refractivity contribution in [1.82, 2.24) is 4.72 Å². The van der Waals surface area contributed by atoms with Crippen LogP contribution in [0.2, 0.25) is 0 Å². The molecule has 1 N–H and O–H groups in total. The Kier molecular flexibility index (Phi) is 5.66. The zero-order valence-corrected chi connectivity index (χ0v) is 16.2. The van der Waals surface area contributed by atoms with Gasteiger partial charge in [-0.15, -0.1) is 0 Å². The number of rotatable bonds is 7. The lowest BCUT2D eigenvalue weighted by Crippen LogP contribution is -2.31. The Morgan fingerprint density at radius 2 is 1.79 bits per heavy atom. The van der Waals surface area contributed by atoms with E-state index < -0.39 is 34.9 Å². The van der Waals surface area contributed by atoms with Gasteiger partial charge in [-0.3, -0.25) is 9.59 Å². The van der Waals surface area contributed by atoms with E-state index in [1.54, 1.807) is 19.1 Å². The molecule has 0 bridgehead atoms. The second-order valence-electron chi connectivity index (χ2n) is 6.22. The summed E-state index contributed by atoms with van der Waals surface area (Å²) < 4.78 is 41.9. The molecule has 28 heavy (non-hydrogen) atoms. The van der Waals surface area contributed by atoms with Gasteiger partial charge in [-0.05, 0) is 55.3 Å². The lowest BCUT2D eigenvalue weighted by molar-refractivity contribution is -0.141. The minimum absolute atomic E-state index is 0.0554. The number of carbonyl (C=O) groups excluding carboxylic acids is 2. The first-order valence-electron chi connectivity index (χ1n) is 8.41. The standard InChI is InChI=1S/C19H19NO7S/c1-12-3-5-15(7-13(12)2)28(23,24)20-9-19(22)25-10-16(21)14-4-6-17-18(8-14)27-11-26-17/h3-8,20H,9-11H2,1-2H3. The fourth-order valence-electron chi connectivity index (χ4n) is 2.47. The number of fused-ring (bicyclic) bond motifs is 1. The van der Waals surface area contributed by atoms with Crippen LogP contribution in [0.15, 0.2) is 41.3 Å². The summed E-state index contributed by atoms with van der Waals surface area (Å²) in [5.74, 6) is -0.321. The number of aryl methyl sites for hydroxylation is 2. The summed E-state index contributed by atoms with van der Waals surface area (Å²) in [5, 5.41) is 0. The van der Waals surface area contributed by atoms with E-state index in [1.165, 1.54) is 24.3 Å². The average molecular weight is 405 g/mol. The molecule has 1 heterocycles. The molecule has 0 saturated carbocycles. The van der Waals surface area contributed by atoms with Gasteiger partial charge in [0.25, 0.3) is 0 Å². The Bertz CT molecular complexity index is 1030. The normalized spacial score (nSPS) is 12.6. The summed E-state index contributed by atoms with van der Waals surface area (Å²) in [5.41, 5.74) is 2.08. The van der Waals surface area contributed by atoms with Crippen molar-refractivity contribution in [2.75, 3.05) is 19.9 Å². The number of Topliss-reactive ketones (excluding diaryl/α,β-unsaturated/α-hetero) is 1. The van der Waals surface area contributed by atoms with Gasteiger partial charge in [-0.1, -0.05) is 6.07 Å². The maximum absolute atomic E-state index is 12.3. The van der Waals surface area contributed by atoms with E-state index in [4.69, 9.17) is 14.2 Å². The van der Waals surface area contributed by atoms with Gasteiger partial charge in [0.1, 0.15) is 6.54 Å². The van der Waals surface area contributed by atoms with Crippen LogP contribution in [0.1, 0.15) is 21.5 Å². The van der Waals surface area contributed by atoms with Crippen molar-refractivity contribution in [3.05, 3.63) is 53.1 Å². The average Bonchev–Trinajstić information content (AvgIpc) is 3.14. The highest BCUT2D eigenvalue weighted by atomic mass is 32.2. The monoisotopic (exact) mass is 405 g/mol. The number of sulfonamides is 1. The molecule has 0 fully saturated rings. The zero-order chi connectivity index (χ0) is 20.3. The van der Waals surface area contributed by atoms with Crippen LogP contribution in [0.25, 0.3) is 0 Å². The first kappa shape index (κ1) is 19.8. The van der Waals surface area contributed by atoms with Gasteiger partial charge in [-0.2, -0.15) is 4.72 Å². The van der Waals surface area contributed by atoms with Crippen molar-refractivity contribution in [3.63, 3.8) is 0 Å². The number of nitrogens with one attached hydrogen (secondary N) is 1. The van der Waals surface area contributed by atoms with E-state index in [0.29, 0.717) is 17.1 Å². The Morgan fingerprint density at radius 1 is 1.04 bits per heavy atom. The van der Waals surface area contributed by atoms with Gasteiger partial charge in [0.2, 0.25) is 16.8 Å². The third-order valence-corrected chi connectivity index (χ3v) is 5.65. The summed E-state index contributed by atoms with van der Waals surface area (Å²) in [6.45, 7) is 2.66. The van der Waals surface area contributed by atoms with Gasteiger partial charge in [0, 0.05) is 5.56 Å². The van der Waals surface area contributed by atoms with E-state index in [9.17, 15) is 18.0 Å². The molecule has 148 valence electrons. The van der Waals surface area contributed by atoms with Crippen LogP contribution >= 0.6 is 0 Å². The summed E-state index contributed by atoms with van der Waals surface area (Å²) >= 11 is 0. The first-order chi connectivity index (χ1) is 13.3. The predicted octanol–water partition coefficient (Wildman–Crippen LogP) is 1.74. The third kappa shape index (κ3) is 4.49. The highest BCUT2D eigenvalue weighted by Crippen LogP contribution is 2.32. The summed E-state index contributed by atoms with van der Waals surface area (Å²) in [6, 6.07) is 9.29. The van der Waals surface area contributed by atoms with Crippen LogP contribution in [0.3, 0.4) is 0 Å². The van der Waals surface area contributed by atoms with Crippen LogP contribution in [-0.2, 0) is 19.6 Å². The lowest BCUT2D eigenvalue weighted by Gasteiger charge is -2.09. The number of hydrogen-bond acceptors (Lipinski definition) is 7. The van der Waals surface area contributed by atoms with Crippen molar-refractivity contribution in [1.29, 1.82) is 0 Å². The Morgan fingerprint density at radius 3 is 2.54 bits per heavy atom. The van der Waals surface area contributed by atoms with Crippen molar-refractivity contribution in [2.45, 2.75) is 18.7 Å². The number of hydrogen-bond donors (Lipinski definition) is 1. The Hall–Kier alpha value is -2.91. The lowest BCUT2D eigenvalue weighted by atomic mass is 10.1. The van der Waals surface area contributed by atoms with Crippen molar-refractivity contribution >= 4 is 21.8 Å². The largest absolute Gasteiger partial charge is 0.456 e. The number of benzene rings is 2. The number of esters is 1. The minimum Gasteiger partial charge on any atom is -0.456 e. The van der Waals surface area contributed by atoms with Gasteiger partial charge in [-0.25, -0.2) is 8.42 Å². The Labute approximate surface area is 162 Å².